The van der Waals surface area contributed by atoms with E-state index in [9.17, 15) is 4.79 Å². The zero-order valence-corrected chi connectivity index (χ0v) is 12.6. The van der Waals surface area contributed by atoms with Crippen molar-refractivity contribution >= 4 is 11.9 Å². The Morgan fingerprint density at radius 2 is 2.14 bits per heavy atom. The molecular weight excluding hydrogens is 288 g/mol. The van der Waals surface area contributed by atoms with Gasteiger partial charge in [0.1, 0.15) is 0 Å². The smallest absolute Gasteiger partial charge is 0.254 e. The topological polar surface area (TPSA) is 77.0 Å². The van der Waals surface area contributed by atoms with E-state index in [2.05, 4.69) is 9.97 Å². The third kappa shape index (κ3) is 3.28. The molecular formula is C14H20N4O4. The number of anilines is 1. The van der Waals surface area contributed by atoms with E-state index >= 15 is 0 Å². The molecule has 3 heterocycles. The van der Waals surface area contributed by atoms with Gasteiger partial charge in [-0.2, -0.15) is 4.98 Å². The van der Waals surface area contributed by atoms with E-state index in [1.54, 1.807) is 19.4 Å². The van der Waals surface area contributed by atoms with Crippen LogP contribution in [0.2, 0.25) is 0 Å². The summed E-state index contributed by atoms with van der Waals surface area (Å²) in [7, 11) is 1.58. The number of nitrogens with zero attached hydrogens (tertiary/aromatic N) is 4. The first-order valence-electron chi connectivity index (χ1n) is 7.38. The number of carbonyl (C=O) groups is 1. The number of aromatic nitrogens is 2. The maximum absolute atomic E-state index is 12.3. The Hall–Kier alpha value is -1.93. The molecule has 8 heteroatoms. The molecule has 120 valence electrons. The first kappa shape index (κ1) is 15.0. The van der Waals surface area contributed by atoms with E-state index < -0.39 is 6.10 Å². The van der Waals surface area contributed by atoms with Crippen LogP contribution in [0.25, 0.3) is 0 Å². The normalized spacial score (nSPS) is 22.5. The summed E-state index contributed by atoms with van der Waals surface area (Å²) >= 11 is 0. The van der Waals surface area contributed by atoms with Gasteiger partial charge in [0.25, 0.3) is 5.91 Å². The number of ether oxygens (including phenoxy) is 3. The second-order valence-electron chi connectivity index (χ2n) is 5.15. The number of methoxy groups -OCH3 is 1. The Labute approximate surface area is 129 Å². The molecule has 0 unspecified atom stereocenters. The number of amides is 1. The molecule has 8 nitrogen and oxygen atoms in total. The van der Waals surface area contributed by atoms with E-state index in [1.807, 2.05) is 9.80 Å². The molecule has 22 heavy (non-hydrogen) atoms. The highest BCUT2D eigenvalue weighted by atomic mass is 16.6. The first-order valence-corrected chi connectivity index (χ1v) is 7.38. The third-order valence-electron chi connectivity index (χ3n) is 3.79. The molecule has 1 amide bonds. The molecule has 0 saturated carbocycles. The van der Waals surface area contributed by atoms with Gasteiger partial charge in [-0.1, -0.05) is 0 Å². The molecule has 3 rings (SSSR count). The highest BCUT2D eigenvalue weighted by Gasteiger charge is 2.30. The van der Waals surface area contributed by atoms with Crippen LogP contribution in [0.3, 0.4) is 0 Å². The largest absolute Gasteiger partial charge is 0.481 e. The molecule has 2 aliphatic rings. The summed E-state index contributed by atoms with van der Waals surface area (Å²) in [6, 6.07) is 1.71. The van der Waals surface area contributed by atoms with Crippen LogP contribution in [-0.2, 0) is 14.3 Å². The molecule has 1 aromatic rings. The van der Waals surface area contributed by atoms with Crippen LogP contribution in [0.1, 0.15) is 0 Å². The predicted octanol–water partition coefficient (Wildman–Crippen LogP) is -0.451. The summed E-state index contributed by atoms with van der Waals surface area (Å²) in [5, 5.41) is 0. The molecule has 0 aliphatic carbocycles. The average Bonchev–Trinajstić information content (AvgIpc) is 2.62. The van der Waals surface area contributed by atoms with Crippen molar-refractivity contribution in [2.24, 2.45) is 0 Å². The summed E-state index contributed by atoms with van der Waals surface area (Å²) in [5.74, 6) is 1.17. The molecule has 0 bridgehead atoms. The van der Waals surface area contributed by atoms with Crippen LogP contribution in [0.4, 0.5) is 5.95 Å². The Balaban J connectivity index is 1.56. The number of hydrogen-bond donors (Lipinski definition) is 0. The number of piperazine rings is 1. The SMILES string of the molecule is COc1ccnc(N2CCN(C(=O)[C@H]3COCCO3)CC2)n1. The lowest BCUT2D eigenvalue weighted by atomic mass is 10.2. The zero-order chi connectivity index (χ0) is 15.4. The lowest BCUT2D eigenvalue weighted by Gasteiger charge is -2.36. The van der Waals surface area contributed by atoms with Crippen molar-refractivity contribution in [3.05, 3.63) is 12.3 Å². The minimum atomic E-state index is -0.464. The lowest BCUT2D eigenvalue weighted by molar-refractivity contribution is -0.158. The van der Waals surface area contributed by atoms with Crippen LogP contribution >= 0.6 is 0 Å². The second kappa shape index (κ2) is 6.89. The van der Waals surface area contributed by atoms with Crippen molar-refractivity contribution in [3.63, 3.8) is 0 Å². The predicted molar refractivity (Wildman–Crippen MR) is 77.9 cm³/mol. The van der Waals surface area contributed by atoms with Gasteiger partial charge in [0.05, 0.1) is 26.9 Å². The van der Waals surface area contributed by atoms with Gasteiger partial charge in [-0.05, 0) is 0 Å². The minimum Gasteiger partial charge on any atom is -0.481 e. The van der Waals surface area contributed by atoms with E-state index in [-0.39, 0.29) is 5.91 Å². The summed E-state index contributed by atoms with van der Waals surface area (Å²) in [4.78, 5) is 24.8. The van der Waals surface area contributed by atoms with Gasteiger partial charge in [0, 0.05) is 38.4 Å². The molecule has 2 fully saturated rings. The van der Waals surface area contributed by atoms with Gasteiger partial charge in [0.2, 0.25) is 11.8 Å². The minimum absolute atomic E-state index is 0.00547. The van der Waals surface area contributed by atoms with Crippen molar-refractivity contribution in [1.82, 2.24) is 14.9 Å². The third-order valence-corrected chi connectivity index (χ3v) is 3.79. The zero-order valence-electron chi connectivity index (χ0n) is 12.6. The van der Waals surface area contributed by atoms with Crippen LogP contribution < -0.4 is 9.64 Å². The highest BCUT2D eigenvalue weighted by Crippen LogP contribution is 2.15. The van der Waals surface area contributed by atoms with Crippen molar-refractivity contribution in [1.29, 1.82) is 0 Å². The summed E-state index contributed by atoms with van der Waals surface area (Å²) in [6.07, 6.45) is 1.21. The number of rotatable bonds is 3. The molecule has 2 saturated heterocycles. The highest BCUT2D eigenvalue weighted by molar-refractivity contribution is 5.81. The van der Waals surface area contributed by atoms with Crippen molar-refractivity contribution < 1.29 is 19.0 Å². The molecule has 0 radical (unpaired) electrons. The van der Waals surface area contributed by atoms with E-state index in [4.69, 9.17) is 14.2 Å². The van der Waals surface area contributed by atoms with Crippen molar-refractivity contribution in [2.75, 3.05) is 58.0 Å². The molecule has 1 aromatic heterocycles. The van der Waals surface area contributed by atoms with Crippen molar-refractivity contribution in [3.8, 4) is 5.88 Å². The molecule has 0 N–H and O–H groups in total. The van der Waals surface area contributed by atoms with Crippen LogP contribution in [0, 0.1) is 0 Å². The fourth-order valence-electron chi connectivity index (χ4n) is 2.56. The van der Waals surface area contributed by atoms with Gasteiger partial charge in [-0.15, -0.1) is 0 Å². The fraction of sp³-hybridized carbons (Fsp3) is 0.643. The Bertz CT molecular complexity index is 513. The van der Waals surface area contributed by atoms with Gasteiger partial charge >= 0.3 is 0 Å². The van der Waals surface area contributed by atoms with E-state index in [0.717, 1.165) is 0 Å². The van der Waals surface area contributed by atoms with Crippen LogP contribution in [-0.4, -0.2) is 80.0 Å². The Kier molecular flexibility index (Phi) is 4.69. The molecule has 1 atom stereocenters. The maximum atomic E-state index is 12.3. The summed E-state index contributed by atoms with van der Waals surface area (Å²) < 4.78 is 15.9. The monoisotopic (exact) mass is 308 g/mol. The quantitative estimate of drug-likeness (QED) is 0.748. The maximum Gasteiger partial charge on any atom is 0.254 e. The van der Waals surface area contributed by atoms with Gasteiger partial charge in [0.15, 0.2) is 6.10 Å². The Morgan fingerprint density at radius 1 is 1.32 bits per heavy atom. The number of hydrogen-bond acceptors (Lipinski definition) is 7. The van der Waals surface area contributed by atoms with Crippen LogP contribution in [0.5, 0.6) is 5.88 Å². The van der Waals surface area contributed by atoms with E-state index in [1.165, 1.54) is 0 Å². The number of carbonyl (C=O) groups excluding carboxylic acids is 1. The second-order valence-corrected chi connectivity index (χ2v) is 5.15. The molecule has 0 spiro atoms. The lowest BCUT2D eigenvalue weighted by Crippen LogP contribution is -2.53. The van der Waals surface area contributed by atoms with Gasteiger partial charge < -0.3 is 24.0 Å². The van der Waals surface area contributed by atoms with Gasteiger partial charge in [-0.25, -0.2) is 4.98 Å². The average molecular weight is 308 g/mol. The van der Waals surface area contributed by atoms with Crippen molar-refractivity contribution in [2.45, 2.75) is 6.10 Å². The summed E-state index contributed by atoms with van der Waals surface area (Å²) in [5.41, 5.74) is 0. The Morgan fingerprint density at radius 3 is 2.82 bits per heavy atom. The molecule has 2 aliphatic heterocycles. The van der Waals surface area contributed by atoms with E-state index in [0.29, 0.717) is 57.8 Å². The first-order chi connectivity index (χ1) is 10.8. The van der Waals surface area contributed by atoms with Crippen LogP contribution in [0.15, 0.2) is 12.3 Å². The van der Waals surface area contributed by atoms with Gasteiger partial charge in [-0.3, -0.25) is 4.79 Å². The standard InChI is InChI=1S/C14H20N4O4/c1-20-12-2-3-15-14(16-12)18-6-4-17(5-7-18)13(19)11-10-21-8-9-22-11/h2-3,11H,4-10H2,1H3/t11-/m1/s1. The molecule has 0 aromatic carbocycles. The fourth-order valence-corrected chi connectivity index (χ4v) is 2.56. The summed E-state index contributed by atoms with van der Waals surface area (Å²) in [6.45, 7) is 4.01.